The summed E-state index contributed by atoms with van der Waals surface area (Å²) in [6.07, 6.45) is 2.28. The van der Waals surface area contributed by atoms with E-state index in [4.69, 9.17) is 0 Å². The molecular weight excluding hydrogens is 377 g/mol. The third-order valence-electron chi connectivity index (χ3n) is 5.72. The predicted molar refractivity (Wildman–Crippen MR) is 106 cm³/mol. The fourth-order valence-electron chi connectivity index (χ4n) is 4.41. The Morgan fingerprint density at radius 2 is 2.14 bits per heavy atom. The van der Waals surface area contributed by atoms with Gasteiger partial charge in [-0.15, -0.1) is 11.3 Å². The number of halogens is 1. The van der Waals surface area contributed by atoms with Crippen LogP contribution in [-0.2, 0) is 11.3 Å². The number of nitrogens with zero attached hydrogens (tertiary/aromatic N) is 3. The Labute approximate surface area is 168 Å². The molecule has 2 aliphatic heterocycles. The molecule has 0 aliphatic carbocycles. The van der Waals surface area contributed by atoms with E-state index in [0.717, 1.165) is 29.1 Å². The fourth-order valence-corrected chi connectivity index (χ4v) is 5.30. The highest BCUT2D eigenvalue weighted by molar-refractivity contribution is 7.13. The number of carbonyl (C=O) groups is 2. The molecular formula is C21H24FN3O2S. The van der Waals surface area contributed by atoms with Crippen molar-refractivity contribution in [2.75, 3.05) is 13.1 Å². The minimum Gasteiger partial charge on any atom is -0.335 e. The third kappa shape index (κ3) is 3.68. The zero-order valence-electron chi connectivity index (χ0n) is 16.2. The molecule has 2 amide bonds. The van der Waals surface area contributed by atoms with Gasteiger partial charge in [-0.3, -0.25) is 9.59 Å². The van der Waals surface area contributed by atoms with Gasteiger partial charge in [-0.2, -0.15) is 0 Å². The molecule has 2 saturated heterocycles. The van der Waals surface area contributed by atoms with Crippen molar-refractivity contribution in [3.05, 3.63) is 51.2 Å². The number of hydrogen-bond donors (Lipinski definition) is 0. The molecule has 0 bridgehead atoms. The van der Waals surface area contributed by atoms with Gasteiger partial charge in [0.1, 0.15) is 10.7 Å². The van der Waals surface area contributed by atoms with Gasteiger partial charge in [0.05, 0.1) is 16.7 Å². The maximum absolute atomic E-state index is 13.6. The van der Waals surface area contributed by atoms with Crippen LogP contribution in [0.25, 0.3) is 0 Å². The van der Waals surface area contributed by atoms with Crippen LogP contribution in [0.15, 0.2) is 24.3 Å². The molecule has 3 heterocycles. The van der Waals surface area contributed by atoms with E-state index in [1.165, 1.54) is 23.5 Å². The monoisotopic (exact) mass is 401 g/mol. The molecule has 4 rings (SSSR count). The summed E-state index contributed by atoms with van der Waals surface area (Å²) < 4.78 is 13.6. The number of aryl methyl sites for hydroxylation is 2. The molecule has 1 aromatic heterocycles. The standard InChI is InChI=1S/C21H24FN3O2S/c1-13-20(28-14(2)23-13)21(27)24-11-16-6-4-8-19(26)25(18(16)12-24)10-15-5-3-7-17(22)9-15/h3,5,7,9,16,18H,4,6,8,10-12H2,1-2H3/t16-,18+/m1/s1. The lowest BCUT2D eigenvalue weighted by Gasteiger charge is -2.30. The number of thiazole rings is 1. The summed E-state index contributed by atoms with van der Waals surface area (Å²) in [6.45, 7) is 5.35. The van der Waals surface area contributed by atoms with Crippen LogP contribution < -0.4 is 0 Å². The number of amides is 2. The van der Waals surface area contributed by atoms with Gasteiger partial charge in [-0.25, -0.2) is 9.37 Å². The summed E-state index contributed by atoms with van der Waals surface area (Å²) in [5, 5.41) is 0.886. The first-order chi connectivity index (χ1) is 13.4. The Hall–Kier alpha value is -2.28. The number of benzene rings is 1. The summed E-state index contributed by atoms with van der Waals surface area (Å²) in [6, 6.07) is 6.39. The van der Waals surface area contributed by atoms with E-state index in [0.29, 0.717) is 30.9 Å². The second-order valence-electron chi connectivity index (χ2n) is 7.73. The maximum Gasteiger partial charge on any atom is 0.265 e. The van der Waals surface area contributed by atoms with E-state index in [-0.39, 0.29) is 29.6 Å². The molecule has 2 aliphatic rings. The number of fused-ring (bicyclic) bond motifs is 1. The number of carbonyl (C=O) groups excluding carboxylic acids is 2. The SMILES string of the molecule is Cc1nc(C)c(C(=O)N2C[C@H]3CCCC(=O)N(Cc4cccc(F)c4)[C@H]3C2)s1. The predicted octanol–water partition coefficient (Wildman–Crippen LogP) is 3.55. The van der Waals surface area contributed by atoms with Crippen LogP contribution >= 0.6 is 11.3 Å². The summed E-state index contributed by atoms with van der Waals surface area (Å²) in [7, 11) is 0. The van der Waals surface area contributed by atoms with E-state index in [9.17, 15) is 14.0 Å². The van der Waals surface area contributed by atoms with Crippen LogP contribution in [-0.4, -0.2) is 45.7 Å². The molecule has 2 fully saturated rings. The molecule has 0 saturated carbocycles. The number of hydrogen-bond acceptors (Lipinski definition) is 4. The molecule has 148 valence electrons. The summed E-state index contributed by atoms with van der Waals surface area (Å²) in [5.74, 6) is 0.0686. The van der Waals surface area contributed by atoms with Crippen LogP contribution in [0.2, 0.25) is 0 Å². The van der Waals surface area contributed by atoms with Crippen molar-refractivity contribution >= 4 is 23.2 Å². The lowest BCUT2D eigenvalue weighted by molar-refractivity contribution is -0.133. The minimum atomic E-state index is -0.296. The summed E-state index contributed by atoms with van der Waals surface area (Å²) in [4.78, 5) is 34.6. The molecule has 2 aromatic rings. The zero-order valence-corrected chi connectivity index (χ0v) is 17.0. The van der Waals surface area contributed by atoms with E-state index < -0.39 is 0 Å². The topological polar surface area (TPSA) is 53.5 Å². The number of rotatable bonds is 3. The summed E-state index contributed by atoms with van der Waals surface area (Å²) in [5.41, 5.74) is 1.56. The Bertz CT molecular complexity index is 913. The van der Waals surface area contributed by atoms with Gasteiger partial charge in [0.25, 0.3) is 5.91 Å². The van der Waals surface area contributed by atoms with Crippen molar-refractivity contribution in [2.45, 2.75) is 45.7 Å². The average Bonchev–Trinajstić information content (AvgIpc) is 3.18. The molecule has 7 heteroatoms. The van der Waals surface area contributed by atoms with Gasteiger partial charge < -0.3 is 9.80 Å². The van der Waals surface area contributed by atoms with Gasteiger partial charge in [0.15, 0.2) is 0 Å². The molecule has 1 aromatic carbocycles. The van der Waals surface area contributed by atoms with Gasteiger partial charge in [0, 0.05) is 26.1 Å². The number of likely N-dealkylation sites (tertiary alicyclic amines) is 2. The second kappa shape index (κ2) is 7.62. The van der Waals surface area contributed by atoms with Gasteiger partial charge in [-0.05, 0) is 50.3 Å². The minimum absolute atomic E-state index is 0.00864. The normalized spacial score (nSPS) is 22.3. The maximum atomic E-state index is 13.6. The Morgan fingerprint density at radius 1 is 1.32 bits per heavy atom. The van der Waals surface area contributed by atoms with Crippen molar-refractivity contribution in [1.82, 2.24) is 14.8 Å². The Kier molecular flexibility index (Phi) is 5.19. The molecule has 0 radical (unpaired) electrons. The van der Waals surface area contributed by atoms with Crippen molar-refractivity contribution in [1.29, 1.82) is 0 Å². The highest BCUT2D eigenvalue weighted by Crippen LogP contribution is 2.33. The van der Waals surface area contributed by atoms with Gasteiger partial charge >= 0.3 is 0 Å². The smallest absolute Gasteiger partial charge is 0.265 e. The molecule has 0 unspecified atom stereocenters. The van der Waals surface area contributed by atoms with Crippen LogP contribution in [0.3, 0.4) is 0 Å². The van der Waals surface area contributed by atoms with Gasteiger partial charge in [0.2, 0.25) is 5.91 Å². The quantitative estimate of drug-likeness (QED) is 0.790. The molecule has 28 heavy (non-hydrogen) atoms. The lowest BCUT2D eigenvalue weighted by atomic mass is 9.98. The fraction of sp³-hybridized carbons (Fsp3) is 0.476. The lowest BCUT2D eigenvalue weighted by Crippen LogP contribution is -2.43. The Morgan fingerprint density at radius 3 is 2.86 bits per heavy atom. The van der Waals surface area contributed by atoms with Crippen LogP contribution in [0.4, 0.5) is 4.39 Å². The van der Waals surface area contributed by atoms with Crippen molar-refractivity contribution in [3.8, 4) is 0 Å². The third-order valence-corrected chi connectivity index (χ3v) is 6.78. The first-order valence-corrected chi connectivity index (χ1v) is 10.5. The zero-order chi connectivity index (χ0) is 19.8. The van der Waals surface area contributed by atoms with E-state index in [1.54, 1.807) is 6.07 Å². The molecule has 0 N–H and O–H groups in total. The van der Waals surface area contributed by atoms with Gasteiger partial charge in [-0.1, -0.05) is 12.1 Å². The average molecular weight is 402 g/mol. The van der Waals surface area contributed by atoms with Crippen molar-refractivity contribution in [3.63, 3.8) is 0 Å². The van der Waals surface area contributed by atoms with E-state index in [1.807, 2.05) is 29.7 Å². The first kappa shape index (κ1) is 19.1. The van der Waals surface area contributed by atoms with Crippen LogP contribution in [0.1, 0.15) is 45.2 Å². The molecule has 0 spiro atoms. The Balaban J connectivity index is 1.56. The van der Waals surface area contributed by atoms with Crippen LogP contribution in [0.5, 0.6) is 0 Å². The van der Waals surface area contributed by atoms with Crippen LogP contribution in [0, 0.1) is 25.6 Å². The van der Waals surface area contributed by atoms with Crippen molar-refractivity contribution < 1.29 is 14.0 Å². The highest BCUT2D eigenvalue weighted by Gasteiger charge is 2.42. The van der Waals surface area contributed by atoms with E-state index in [2.05, 4.69) is 4.98 Å². The van der Waals surface area contributed by atoms with E-state index >= 15 is 0 Å². The summed E-state index contributed by atoms with van der Waals surface area (Å²) >= 11 is 1.43. The van der Waals surface area contributed by atoms with Crippen molar-refractivity contribution in [2.24, 2.45) is 5.92 Å². The second-order valence-corrected chi connectivity index (χ2v) is 8.93. The first-order valence-electron chi connectivity index (χ1n) is 9.69. The molecule has 5 nitrogen and oxygen atoms in total. The molecule has 2 atom stereocenters. The largest absolute Gasteiger partial charge is 0.335 e. The highest BCUT2D eigenvalue weighted by atomic mass is 32.1. The number of aromatic nitrogens is 1.